The van der Waals surface area contributed by atoms with E-state index in [4.69, 9.17) is 11.6 Å². The molecule has 1 aromatic heterocycles. The quantitative estimate of drug-likeness (QED) is 0.665. The Morgan fingerprint density at radius 1 is 1.39 bits per heavy atom. The molecule has 18 heavy (non-hydrogen) atoms. The number of nitrogens with one attached hydrogen (secondary N) is 1. The third-order valence-corrected chi connectivity index (χ3v) is 5.78. The molecule has 6 heteroatoms. The van der Waals surface area contributed by atoms with Crippen LogP contribution in [0.25, 0.3) is 5.69 Å². The van der Waals surface area contributed by atoms with Crippen LogP contribution in [-0.2, 0) is 6.54 Å². The zero-order valence-corrected chi connectivity index (χ0v) is 14.8. The van der Waals surface area contributed by atoms with Crippen LogP contribution in [0.1, 0.15) is 12.5 Å². The van der Waals surface area contributed by atoms with Gasteiger partial charge in [0.25, 0.3) is 0 Å². The minimum Gasteiger partial charge on any atom is -0.313 e. The topological polar surface area (TPSA) is 29.9 Å². The molecule has 1 N–H and O–H groups in total. The SMILES string of the molecule is CCNCc1c(Cl)cccc1-n1cnc(I)c1I. The Hall–Kier alpha value is 0.140. The van der Waals surface area contributed by atoms with Crippen molar-refractivity contribution in [3.05, 3.63) is 42.5 Å². The fourth-order valence-electron chi connectivity index (χ4n) is 1.68. The molecule has 0 saturated heterocycles. The van der Waals surface area contributed by atoms with Crippen molar-refractivity contribution in [3.63, 3.8) is 0 Å². The van der Waals surface area contributed by atoms with E-state index in [-0.39, 0.29) is 0 Å². The molecule has 0 amide bonds. The van der Waals surface area contributed by atoms with Crippen LogP contribution in [0, 0.1) is 7.40 Å². The van der Waals surface area contributed by atoms with Crippen LogP contribution in [0.3, 0.4) is 0 Å². The minimum atomic E-state index is 0.760. The summed E-state index contributed by atoms with van der Waals surface area (Å²) in [5.41, 5.74) is 2.19. The monoisotopic (exact) mass is 487 g/mol. The molecule has 0 fully saturated rings. The van der Waals surface area contributed by atoms with E-state index in [2.05, 4.69) is 73.0 Å². The van der Waals surface area contributed by atoms with Crippen molar-refractivity contribution >= 4 is 56.8 Å². The van der Waals surface area contributed by atoms with Gasteiger partial charge in [-0.05, 0) is 63.9 Å². The summed E-state index contributed by atoms with van der Waals surface area (Å²) in [6.45, 7) is 3.76. The lowest BCUT2D eigenvalue weighted by Crippen LogP contribution is -2.14. The molecular formula is C12H12ClI2N3. The average molecular weight is 488 g/mol. The van der Waals surface area contributed by atoms with Crippen molar-refractivity contribution in [2.45, 2.75) is 13.5 Å². The van der Waals surface area contributed by atoms with Crippen LogP contribution in [0.15, 0.2) is 24.5 Å². The van der Waals surface area contributed by atoms with Gasteiger partial charge in [-0.15, -0.1) is 0 Å². The standard InChI is InChI=1S/C12H12ClI2N3/c1-2-16-6-8-9(13)4-3-5-10(8)18-7-17-11(14)12(18)15/h3-5,7,16H,2,6H2,1H3. The van der Waals surface area contributed by atoms with Gasteiger partial charge in [0.1, 0.15) is 13.7 Å². The Kier molecular flexibility index (Phi) is 5.28. The van der Waals surface area contributed by atoms with Gasteiger partial charge in [0.05, 0.1) is 5.69 Å². The Morgan fingerprint density at radius 2 is 2.17 bits per heavy atom. The second-order valence-corrected chi connectivity index (χ2v) is 6.16. The van der Waals surface area contributed by atoms with Crippen LogP contribution in [0.5, 0.6) is 0 Å². The van der Waals surface area contributed by atoms with Crippen molar-refractivity contribution in [1.29, 1.82) is 0 Å². The summed E-state index contributed by atoms with van der Waals surface area (Å²) >= 11 is 10.8. The Balaban J connectivity index is 2.50. The largest absolute Gasteiger partial charge is 0.313 e. The summed E-state index contributed by atoms with van der Waals surface area (Å²) in [6.07, 6.45) is 1.84. The normalized spacial score (nSPS) is 10.9. The Bertz CT molecular complexity index is 554. The van der Waals surface area contributed by atoms with Gasteiger partial charge in [0.2, 0.25) is 0 Å². The molecule has 0 bridgehead atoms. The van der Waals surface area contributed by atoms with Crippen molar-refractivity contribution in [2.24, 2.45) is 0 Å². The highest BCUT2D eigenvalue weighted by Gasteiger charge is 2.12. The van der Waals surface area contributed by atoms with Gasteiger partial charge in [0.15, 0.2) is 0 Å². The number of hydrogen-bond acceptors (Lipinski definition) is 2. The number of halogens is 3. The van der Waals surface area contributed by atoms with Crippen molar-refractivity contribution in [3.8, 4) is 5.69 Å². The van der Waals surface area contributed by atoms with E-state index in [1.807, 2.05) is 18.5 Å². The van der Waals surface area contributed by atoms with E-state index in [1.165, 1.54) is 0 Å². The van der Waals surface area contributed by atoms with E-state index in [0.29, 0.717) is 0 Å². The first-order valence-electron chi connectivity index (χ1n) is 5.52. The molecule has 0 aliphatic rings. The lowest BCUT2D eigenvalue weighted by Gasteiger charge is -2.13. The summed E-state index contributed by atoms with van der Waals surface area (Å²) in [4.78, 5) is 4.32. The molecule has 0 radical (unpaired) electrons. The number of aromatic nitrogens is 2. The lowest BCUT2D eigenvalue weighted by molar-refractivity contribution is 0.722. The lowest BCUT2D eigenvalue weighted by atomic mass is 10.1. The van der Waals surface area contributed by atoms with E-state index < -0.39 is 0 Å². The second-order valence-electron chi connectivity index (χ2n) is 3.71. The van der Waals surface area contributed by atoms with Crippen LogP contribution >= 0.6 is 56.8 Å². The van der Waals surface area contributed by atoms with Gasteiger partial charge in [0, 0.05) is 17.1 Å². The molecule has 96 valence electrons. The molecule has 2 aromatic rings. The highest BCUT2D eigenvalue weighted by atomic mass is 127. The maximum atomic E-state index is 6.30. The van der Waals surface area contributed by atoms with Crippen LogP contribution in [0.4, 0.5) is 0 Å². The van der Waals surface area contributed by atoms with Crippen LogP contribution in [0.2, 0.25) is 5.02 Å². The van der Waals surface area contributed by atoms with Crippen molar-refractivity contribution < 1.29 is 0 Å². The molecule has 1 heterocycles. The Morgan fingerprint density at radius 3 is 2.78 bits per heavy atom. The highest BCUT2D eigenvalue weighted by Crippen LogP contribution is 2.26. The molecular weight excluding hydrogens is 475 g/mol. The molecule has 1 aromatic carbocycles. The smallest absolute Gasteiger partial charge is 0.133 e. The number of imidazole rings is 1. The van der Waals surface area contributed by atoms with Crippen LogP contribution in [-0.4, -0.2) is 16.1 Å². The molecule has 0 atom stereocenters. The zero-order chi connectivity index (χ0) is 13.1. The third kappa shape index (κ3) is 3.00. The third-order valence-electron chi connectivity index (χ3n) is 2.57. The number of rotatable bonds is 4. The maximum Gasteiger partial charge on any atom is 0.133 e. The first-order chi connectivity index (χ1) is 8.65. The molecule has 0 unspecified atom stereocenters. The second kappa shape index (κ2) is 6.53. The van der Waals surface area contributed by atoms with Crippen molar-refractivity contribution in [2.75, 3.05) is 6.54 Å². The molecule has 0 aliphatic heterocycles. The van der Waals surface area contributed by atoms with Crippen LogP contribution < -0.4 is 5.32 Å². The van der Waals surface area contributed by atoms with E-state index in [0.717, 1.165) is 36.8 Å². The first kappa shape index (κ1) is 14.5. The van der Waals surface area contributed by atoms with Gasteiger partial charge < -0.3 is 5.32 Å². The average Bonchev–Trinajstić information content (AvgIpc) is 2.68. The van der Waals surface area contributed by atoms with Gasteiger partial charge >= 0.3 is 0 Å². The fourth-order valence-corrected chi connectivity index (χ4v) is 2.82. The molecule has 2 rings (SSSR count). The first-order valence-corrected chi connectivity index (χ1v) is 8.05. The molecule has 0 saturated carbocycles. The zero-order valence-electron chi connectivity index (χ0n) is 9.75. The molecule has 3 nitrogen and oxygen atoms in total. The summed E-state index contributed by atoms with van der Waals surface area (Å²) in [6, 6.07) is 5.96. The maximum absolute atomic E-state index is 6.30. The van der Waals surface area contributed by atoms with E-state index in [9.17, 15) is 0 Å². The highest BCUT2D eigenvalue weighted by molar-refractivity contribution is 14.1. The summed E-state index contributed by atoms with van der Waals surface area (Å²) in [5, 5.41) is 4.10. The number of nitrogens with zero attached hydrogens (tertiary/aromatic N) is 2. The fraction of sp³-hybridized carbons (Fsp3) is 0.250. The number of hydrogen-bond donors (Lipinski definition) is 1. The summed E-state index contributed by atoms with van der Waals surface area (Å²) in [7, 11) is 0. The minimum absolute atomic E-state index is 0.760. The predicted molar refractivity (Wildman–Crippen MR) is 91.4 cm³/mol. The van der Waals surface area contributed by atoms with Gasteiger partial charge in [-0.1, -0.05) is 24.6 Å². The molecule has 0 aliphatic carbocycles. The Labute approximate surface area is 139 Å². The van der Waals surface area contributed by atoms with Gasteiger partial charge in [-0.2, -0.15) is 0 Å². The summed E-state index contributed by atoms with van der Waals surface area (Å²) < 4.78 is 4.18. The van der Waals surface area contributed by atoms with Gasteiger partial charge in [-0.3, -0.25) is 4.57 Å². The predicted octanol–water partition coefficient (Wildman–Crippen LogP) is 3.84. The number of benzene rings is 1. The van der Waals surface area contributed by atoms with E-state index >= 15 is 0 Å². The van der Waals surface area contributed by atoms with Crippen molar-refractivity contribution in [1.82, 2.24) is 14.9 Å². The van der Waals surface area contributed by atoms with Gasteiger partial charge in [-0.25, -0.2) is 4.98 Å². The van der Waals surface area contributed by atoms with E-state index in [1.54, 1.807) is 0 Å². The molecule has 0 spiro atoms. The summed E-state index contributed by atoms with van der Waals surface area (Å²) in [5.74, 6) is 0.